The number of nitrogens with zero attached hydrogens (tertiary/aromatic N) is 4. The van der Waals surface area contributed by atoms with Crippen LogP contribution in [0.2, 0.25) is 0 Å². The molecule has 2 aromatic rings. The predicted octanol–water partition coefficient (Wildman–Crippen LogP) is 0.180. The molecule has 0 saturated carbocycles. The van der Waals surface area contributed by atoms with Gasteiger partial charge in [-0.25, -0.2) is 9.78 Å². The Morgan fingerprint density at radius 3 is 2.88 bits per heavy atom. The lowest BCUT2D eigenvalue weighted by Gasteiger charge is -2.21. The number of rotatable bonds is 6. The number of imidazole rings is 1. The summed E-state index contributed by atoms with van der Waals surface area (Å²) in [4.78, 5) is 33.6. The Hall–Kier alpha value is -1.93. The molecular weight excluding hydrogens is 310 g/mol. The van der Waals surface area contributed by atoms with Crippen molar-refractivity contribution in [3.8, 4) is 0 Å². The molecule has 0 unspecified atom stereocenters. The van der Waals surface area contributed by atoms with Gasteiger partial charge in [-0.05, 0) is 25.8 Å². The molecule has 8 nitrogen and oxygen atoms in total. The van der Waals surface area contributed by atoms with Crippen molar-refractivity contribution in [1.29, 1.82) is 0 Å². The smallest absolute Gasteiger partial charge is 0.330 e. The van der Waals surface area contributed by atoms with Crippen LogP contribution in [0.15, 0.2) is 9.59 Å². The van der Waals surface area contributed by atoms with Crippen LogP contribution >= 0.6 is 0 Å². The van der Waals surface area contributed by atoms with Gasteiger partial charge in [-0.2, -0.15) is 0 Å². The number of nitrogens with one attached hydrogen (secondary N) is 1. The second-order valence-electron chi connectivity index (χ2n) is 6.47. The van der Waals surface area contributed by atoms with Gasteiger partial charge in [0.25, 0.3) is 5.56 Å². The van der Waals surface area contributed by atoms with Crippen molar-refractivity contribution in [2.24, 2.45) is 7.05 Å². The molecule has 2 aromatic heterocycles. The number of aryl methyl sites for hydroxylation is 2. The summed E-state index contributed by atoms with van der Waals surface area (Å²) in [6.07, 6.45) is 3.84. The maximum absolute atomic E-state index is 12.2. The van der Waals surface area contributed by atoms with Crippen LogP contribution < -0.4 is 11.2 Å². The molecule has 3 rings (SSSR count). The molecule has 0 aromatic carbocycles. The van der Waals surface area contributed by atoms with E-state index in [0.717, 1.165) is 38.1 Å². The van der Waals surface area contributed by atoms with Gasteiger partial charge < -0.3 is 9.67 Å². The molecule has 8 heteroatoms. The topological polar surface area (TPSA) is 96.2 Å². The highest BCUT2D eigenvalue weighted by Crippen LogP contribution is 2.20. The molecule has 0 bridgehead atoms. The van der Waals surface area contributed by atoms with Crippen LogP contribution in [0.5, 0.6) is 0 Å². The molecule has 1 atom stereocenters. The third-order valence-corrected chi connectivity index (χ3v) is 4.90. The first-order valence-corrected chi connectivity index (χ1v) is 8.60. The van der Waals surface area contributed by atoms with E-state index in [2.05, 4.69) is 21.8 Å². The summed E-state index contributed by atoms with van der Waals surface area (Å²) in [5.41, 5.74) is 0.0824. The zero-order valence-corrected chi connectivity index (χ0v) is 14.3. The maximum Gasteiger partial charge on any atom is 0.330 e. The van der Waals surface area contributed by atoms with Gasteiger partial charge in [0.05, 0.1) is 13.2 Å². The Balaban J connectivity index is 2.04. The van der Waals surface area contributed by atoms with Crippen molar-refractivity contribution < 1.29 is 5.11 Å². The minimum Gasteiger partial charge on any atom is -0.395 e. The molecular formula is C16H25N5O3. The summed E-state index contributed by atoms with van der Waals surface area (Å²) in [5, 5.41) is 9.48. The van der Waals surface area contributed by atoms with Crippen LogP contribution in [0.4, 0.5) is 0 Å². The number of unbranched alkanes of at least 4 members (excludes halogenated alkanes) is 1. The van der Waals surface area contributed by atoms with E-state index >= 15 is 0 Å². The quantitative estimate of drug-likeness (QED) is 0.785. The molecule has 24 heavy (non-hydrogen) atoms. The number of aromatic amines is 1. The van der Waals surface area contributed by atoms with Crippen molar-refractivity contribution >= 4 is 11.2 Å². The van der Waals surface area contributed by atoms with Gasteiger partial charge in [-0.1, -0.05) is 13.3 Å². The zero-order valence-electron chi connectivity index (χ0n) is 14.3. The predicted molar refractivity (Wildman–Crippen MR) is 91.0 cm³/mol. The van der Waals surface area contributed by atoms with Gasteiger partial charge in [-0.15, -0.1) is 0 Å². The molecule has 1 aliphatic heterocycles. The minimum atomic E-state index is -0.403. The van der Waals surface area contributed by atoms with E-state index in [1.165, 1.54) is 0 Å². The second-order valence-corrected chi connectivity index (χ2v) is 6.47. The average Bonchev–Trinajstić information content (AvgIpc) is 3.12. The summed E-state index contributed by atoms with van der Waals surface area (Å²) in [6.45, 7) is 4.21. The summed E-state index contributed by atoms with van der Waals surface area (Å²) < 4.78 is 3.32. The molecule has 0 spiro atoms. The molecule has 3 heterocycles. The van der Waals surface area contributed by atoms with E-state index in [-0.39, 0.29) is 12.6 Å². The first-order valence-electron chi connectivity index (χ1n) is 8.60. The number of H-pyrrole nitrogens is 1. The van der Waals surface area contributed by atoms with E-state index in [1.54, 1.807) is 16.2 Å². The van der Waals surface area contributed by atoms with E-state index in [4.69, 9.17) is 0 Å². The van der Waals surface area contributed by atoms with Crippen LogP contribution in [0, 0.1) is 0 Å². The normalized spacial score (nSPS) is 18.7. The summed E-state index contributed by atoms with van der Waals surface area (Å²) in [7, 11) is 1.80. The number of aliphatic hydroxyl groups is 1. The average molecular weight is 335 g/mol. The Morgan fingerprint density at radius 1 is 1.38 bits per heavy atom. The first-order chi connectivity index (χ1) is 11.6. The number of hydrogen-bond acceptors (Lipinski definition) is 5. The highest BCUT2D eigenvalue weighted by atomic mass is 16.3. The molecule has 0 radical (unpaired) electrons. The Kier molecular flexibility index (Phi) is 4.86. The van der Waals surface area contributed by atoms with Crippen molar-refractivity contribution in [2.75, 3.05) is 13.2 Å². The molecule has 2 N–H and O–H groups in total. The lowest BCUT2D eigenvalue weighted by atomic mass is 10.2. The summed E-state index contributed by atoms with van der Waals surface area (Å²) in [5.74, 6) is 0.742. The van der Waals surface area contributed by atoms with Gasteiger partial charge in [0.1, 0.15) is 5.82 Å². The summed E-state index contributed by atoms with van der Waals surface area (Å²) >= 11 is 0. The first kappa shape index (κ1) is 16.9. The summed E-state index contributed by atoms with van der Waals surface area (Å²) in [6, 6.07) is 0.144. The zero-order chi connectivity index (χ0) is 17.3. The SMILES string of the molecule is CCCCn1c(=O)[nH]c(=O)c2c1nc(CN1CCC[C@@H]1CO)n2C. The number of likely N-dealkylation sites (tertiary alicyclic amines) is 1. The molecule has 1 saturated heterocycles. The molecule has 0 aliphatic carbocycles. The Morgan fingerprint density at radius 2 is 2.17 bits per heavy atom. The fraction of sp³-hybridized carbons (Fsp3) is 0.688. The second kappa shape index (κ2) is 6.90. The highest BCUT2D eigenvalue weighted by Gasteiger charge is 2.26. The Bertz CT molecular complexity index is 835. The van der Waals surface area contributed by atoms with Crippen LogP contribution in [0.1, 0.15) is 38.4 Å². The van der Waals surface area contributed by atoms with E-state index in [9.17, 15) is 14.7 Å². The van der Waals surface area contributed by atoms with Gasteiger partial charge in [0, 0.05) is 19.6 Å². The molecule has 132 valence electrons. The van der Waals surface area contributed by atoms with Crippen molar-refractivity contribution in [3.63, 3.8) is 0 Å². The lowest BCUT2D eigenvalue weighted by Crippen LogP contribution is -2.32. The minimum absolute atomic E-state index is 0.131. The number of hydrogen-bond donors (Lipinski definition) is 2. The standard InChI is InChI=1S/C16H25N5O3/c1-3-4-8-21-14-13(15(23)18-16(21)24)19(2)12(17-14)9-20-7-5-6-11(20)10-22/h11,22H,3-10H2,1-2H3,(H,18,23,24)/t11-/m1/s1. The van der Waals surface area contributed by atoms with Crippen LogP contribution in [0.3, 0.4) is 0 Å². The highest BCUT2D eigenvalue weighted by molar-refractivity contribution is 5.70. The third kappa shape index (κ3) is 2.91. The fourth-order valence-electron chi connectivity index (χ4n) is 3.45. The lowest BCUT2D eigenvalue weighted by molar-refractivity contribution is 0.150. The van der Waals surface area contributed by atoms with Crippen molar-refractivity contribution in [2.45, 2.75) is 51.7 Å². The molecule has 0 amide bonds. The number of aliphatic hydroxyl groups excluding tert-OH is 1. The van der Waals surface area contributed by atoms with Crippen LogP contribution in [-0.2, 0) is 20.1 Å². The number of fused-ring (bicyclic) bond motifs is 1. The molecule has 1 aliphatic rings. The van der Waals surface area contributed by atoms with Gasteiger partial charge in [0.15, 0.2) is 11.2 Å². The van der Waals surface area contributed by atoms with Gasteiger partial charge in [-0.3, -0.25) is 19.2 Å². The van der Waals surface area contributed by atoms with E-state index in [0.29, 0.717) is 24.3 Å². The monoisotopic (exact) mass is 335 g/mol. The van der Waals surface area contributed by atoms with Crippen LogP contribution in [0.25, 0.3) is 11.2 Å². The van der Waals surface area contributed by atoms with Crippen LogP contribution in [-0.4, -0.2) is 48.3 Å². The third-order valence-electron chi connectivity index (χ3n) is 4.90. The maximum atomic E-state index is 12.2. The largest absolute Gasteiger partial charge is 0.395 e. The van der Waals surface area contributed by atoms with Gasteiger partial charge >= 0.3 is 5.69 Å². The number of aromatic nitrogens is 4. The Labute approximate surface area is 139 Å². The van der Waals surface area contributed by atoms with E-state index < -0.39 is 11.2 Å². The van der Waals surface area contributed by atoms with Gasteiger partial charge in [0.2, 0.25) is 0 Å². The van der Waals surface area contributed by atoms with Crippen molar-refractivity contribution in [1.82, 2.24) is 24.0 Å². The fourth-order valence-corrected chi connectivity index (χ4v) is 3.45. The van der Waals surface area contributed by atoms with Crippen molar-refractivity contribution in [3.05, 3.63) is 26.7 Å². The van der Waals surface area contributed by atoms with E-state index in [1.807, 2.05) is 0 Å². The molecule has 1 fully saturated rings.